The Balaban J connectivity index is 2.16. The van der Waals surface area contributed by atoms with Crippen molar-refractivity contribution in [3.05, 3.63) is 35.1 Å². The molecule has 1 aliphatic rings. The molecule has 1 aromatic carbocycles. The summed E-state index contributed by atoms with van der Waals surface area (Å²) in [6, 6.07) is 4.94. The highest BCUT2D eigenvalue weighted by Gasteiger charge is 2.23. The molecular weight excluding hydrogens is 253 g/mol. The predicted octanol–water partition coefficient (Wildman–Crippen LogP) is 4.21. The van der Waals surface area contributed by atoms with Crippen LogP contribution in [0.5, 0.6) is 0 Å². The summed E-state index contributed by atoms with van der Waals surface area (Å²) in [4.78, 5) is 14.3. The van der Waals surface area contributed by atoms with Crippen molar-refractivity contribution in [2.75, 3.05) is 13.1 Å². The number of piperidine rings is 1. The SMILES string of the molecule is CCC(C)c1ccc(C(=O)N2CCCC(C)C2)cc1F. The molecule has 0 saturated carbocycles. The molecule has 2 atom stereocenters. The van der Waals surface area contributed by atoms with E-state index >= 15 is 0 Å². The summed E-state index contributed by atoms with van der Waals surface area (Å²) >= 11 is 0. The fourth-order valence-corrected chi connectivity index (χ4v) is 2.84. The van der Waals surface area contributed by atoms with E-state index in [1.165, 1.54) is 12.5 Å². The Kier molecular flexibility index (Phi) is 4.79. The monoisotopic (exact) mass is 277 g/mol. The van der Waals surface area contributed by atoms with Gasteiger partial charge in [-0.15, -0.1) is 0 Å². The van der Waals surface area contributed by atoms with Crippen molar-refractivity contribution in [3.8, 4) is 0 Å². The molecule has 1 heterocycles. The van der Waals surface area contributed by atoms with Gasteiger partial charge in [0, 0.05) is 18.7 Å². The Labute approximate surface area is 121 Å². The third-order valence-corrected chi connectivity index (χ3v) is 4.33. The molecule has 0 radical (unpaired) electrons. The normalized spacial score (nSPS) is 20.8. The van der Waals surface area contributed by atoms with Crippen LogP contribution in [0.2, 0.25) is 0 Å². The highest BCUT2D eigenvalue weighted by atomic mass is 19.1. The molecule has 2 unspecified atom stereocenters. The van der Waals surface area contributed by atoms with E-state index in [2.05, 4.69) is 6.92 Å². The van der Waals surface area contributed by atoms with E-state index in [0.29, 0.717) is 17.0 Å². The van der Waals surface area contributed by atoms with Gasteiger partial charge in [0.2, 0.25) is 0 Å². The zero-order valence-electron chi connectivity index (χ0n) is 12.7. The summed E-state index contributed by atoms with van der Waals surface area (Å²) in [5.74, 6) is 0.438. The second kappa shape index (κ2) is 6.38. The third-order valence-electron chi connectivity index (χ3n) is 4.33. The van der Waals surface area contributed by atoms with E-state index in [-0.39, 0.29) is 17.6 Å². The molecule has 1 fully saturated rings. The molecule has 1 saturated heterocycles. The smallest absolute Gasteiger partial charge is 0.253 e. The number of halogens is 1. The number of rotatable bonds is 3. The van der Waals surface area contributed by atoms with Gasteiger partial charge in [-0.05, 0) is 48.8 Å². The number of benzene rings is 1. The summed E-state index contributed by atoms with van der Waals surface area (Å²) in [5, 5.41) is 0. The maximum Gasteiger partial charge on any atom is 0.253 e. The predicted molar refractivity (Wildman–Crippen MR) is 79.4 cm³/mol. The van der Waals surface area contributed by atoms with Gasteiger partial charge in [-0.3, -0.25) is 4.79 Å². The molecule has 0 aliphatic carbocycles. The van der Waals surface area contributed by atoms with Crippen molar-refractivity contribution < 1.29 is 9.18 Å². The molecular formula is C17H24FNO. The minimum Gasteiger partial charge on any atom is -0.338 e. The van der Waals surface area contributed by atoms with Gasteiger partial charge in [-0.2, -0.15) is 0 Å². The lowest BCUT2D eigenvalue weighted by Gasteiger charge is -2.31. The van der Waals surface area contributed by atoms with Crippen LogP contribution in [-0.4, -0.2) is 23.9 Å². The molecule has 1 amide bonds. The third kappa shape index (κ3) is 3.20. The second-order valence-electron chi connectivity index (χ2n) is 6.04. The van der Waals surface area contributed by atoms with Crippen LogP contribution < -0.4 is 0 Å². The van der Waals surface area contributed by atoms with E-state index in [1.54, 1.807) is 12.1 Å². The number of carbonyl (C=O) groups is 1. The average Bonchev–Trinajstić information content (AvgIpc) is 2.45. The number of hydrogen-bond donors (Lipinski definition) is 0. The van der Waals surface area contributed by atoms with Gasteiger partial charge in [0.25, 0.3) is 5.91 Å². The van der Waals surface area contributed by atoms with Crippen LogP contribution in [0.1, 0.15) is 61.9 Å². The van der Waals surface area contributed by atoms with Crippen LogP contribution in [0.3, 0.4) is 0 Å². The van der Waals surface area contributed by atoms with Crippen LogP contribution in [0.25, 0.3) is 0 Å². The van der Waals surface area contributed by atoms with Crippen LogP contribution in [-0.2, 0) is 0 Å². The molecule has 0 aromatic heterocycles. The first kappa shape index (κ1) is 15.0. The Morgan fingerprint density at radius 2 is 2.25 bits per heavy atom. The van der Waals surface area contributed by atoms with E-state index in [4.69, 9.17) is 0 Å². The van der Waals surface area contributed by atoms with Crippen molar-refractivity contribution in [1.82, 2.24) is 4.90 Å². The molecule has 20 heavy (non-hydrogen) atoms. The first-order valence-electron chi connectivity index (χ1n) is 7.61. The van der Waals surface area contributed by atoms with Gasteiger partial charge >= 0.3 is 0 Å². The van der Waals surface area contributed by atoms with Crippen molar-refractivity contribution >= 4 is 5.91 Å². The van der Waals surface area contributed by atoms with Crippen LogP contribution >= 0.6 is 0 Å². The molecule has 110 valence electrons. The number of nitrogens with zero attached hydrogens (tertiary/aromatic N) is 1. The highest BCUT2D eigenvalue weighted by Crippen LogP contribution is 2.24. The lowest BCUT2D eigenvalue weighted by Crippen LogP contribution is -2.39. The molecule has 1 aromatic rings. The van der Waals surface area contributed by atoms with Crippen LogP contribution in [0.15, 0.2) is 18.2 Å². The maximum absolute atomic E-state index is 14.1. The van der Waals surface area contributed by atoms with Crippen LogP contribution in [0.4, 0.5) is 4.39 Å². The number of hydrogen-bond acceptors (Lipinski definition) is 1. The summed E-state index contributed by atoms with van der Waals surface area (Å²) < 4.78 is 14.1. The molecule has 2 rings (SSSR count). The van der Waals surface area contributed by atoms with E-state index in [9.17, 15) is 9.18 Å². The molecule has 1 aliphatic heterocycles. The minimum atomic E-state index is -0.254. The lowest BCUT2D eigenvalue weighted by molar-refractivity contribution is 0.0682. The average molecular weight is 277 g/mol. The molecule has 3 heteroatoms. The van der Waals surface area contributed by atoms with Crippen molar-refractivity contribution in [2.45, 2.75) is 46.0 Å². The lowest BCUT2D eigenvalue weighted by atomic mass is 9.96. The Morgan fingerprint density at radius 3 is 2.85 bits per heavy atom. The van der Waals surface area contributed by atoms with E-state index < -0.39 is 0 Å². The van der Waals surface area contributed by atoms with Gasteiger partial charge in [0.1, 0.15) is 5.82 Å². The van der Waals surface area contributed by atoms with Crippen molar-refractivity contribution in [2.24, 2.45) is 5.92 Å². The van der Waals surface area contributed by atoms with Crippen LogP contribution in [0, 0.1) is 11.7 Å². The zero-order chi connectivity index (χ0) is 14.7. The topological polar surface area (TPSA) is 20.3 Å². The van der Waals surface area contributed by atoms with Gasteiger partial charge < -0.3 is 4.90 Å². The minimum absolute atomic E-state index is 0.0360. The first-order valence-corrected chi connectivity index (χ1v) is 7.61. The number of carbonyl (C=O) groups excluding carboxylic acids is 1. The number of amides is 1. The summed E-state index contributed by atoms with van der Waals surface area (Å²) in [6.45, 7) is 7.78. The van der Waals surface area contributed by atoms with Gasteiger partial charge in [0.15, 0.2) is 0 Å². The largest absolute Gasteiger partial charge is 0.338 e. The Bertz CT molecular complexity index is 486. The fraction of sp³-hybridized carbons (Fsp3) is 0.588. The maximum atomic E-state index is 14.1. The molecule has 2 nitrogen and oxygen atoms in total. The summed E-state index contributed by atoms with van der Waals surface area (Å²) in [5.41, 5.74) is 1.18. The summed E-state index contributed by atoms with van der Waals surface area (Å²) in [6.07, 6.45) is 3.11. The Hall–Kier alpha value is -1.38. The van der Waals surface area contributed by atoms with Crippen molar-refractivity contribution in [3.63, 3.8) is 0 Å². The van der Waals surface area contributed by atoms with Gasteiger partial charge in [-0.25, -0.2) is 4.39 Å². The Morgan fingerprint density at radius 1 is 1.50 bits per heavy atom. The van der Waals surface area contributed by atoms with Gasteiger partial charge in [0.05, 0.1) is 0 Å². The van der Waals surface area contributed by atoms with Crippen molar-refractivity contribution in [1.29, 1.82) is 0 Å². The standard InChI is InChI=1S/C17H24FNO/c1-4-13(3)15-8-7-14(10-16(15)18)17(20)19-9-5-6-12(2)11-19/h7-8,10,12-13H,4-6,9,11H2,1-3H3. The zero-order valence-corrected chi connectivity index (χ0v) is 12.7. The van der Waals surface area contributed by atoms with E-state index in [1.807, 2.05) is 18.7 Å². The first-order chi connectivity index (χ1) is 9.52. The highest BCUT2D eigenvalue weighted by molar-refractivity contribution is 5.94. The quantitative estimate of drug-likeness (QED) is 0.810. The fourth-order valence-electron chi connectivity index (χ4n) is 2.84. The molecule has 0 N–H and O–H groups in total. The molecule has 0 bridgehead atoms. The molecule has 0 spiro atoms. The van der Waals surface area contributed by atoms with Gasteiger partial charge in [-0.1, -0.05) is 26.8 Å². The number of likely N-dealkylation sites (tertiary alicyclic amines) is 1. The summed E-state index contributed by atoms with van der Waals surface area (Å²) in [7, 11) is 0. The second-order valence-corrected chi connectivity index (χ2v) is 6.04. The van der Waals surface area contributed by atoms with E-state index in [0.717, 1.165) is 25.9 Å².